The van der Waals surface area contributed by atoms with E-state index in [1.165, 1.54) is 6.08 Å². The zero-order valence-electron chi connectivity index (χ0n) is 6.94. The molecule has 64 valence electrons. The number of furan rings is 1. The third-order valence-corrected chi connectivity index (χ3v) is 1.78. The van der Waals surface area contributed by atoms with Gasteiger partial charge < -0.3 is 4.42 Å². The maximum Gasteiger partial charge on any atom is 0.142 e. The van der Waals surface area contributed by atoms with Crippen LogP contribution < -0.4 is 0 Å². The van der Waals surface area contributed by atoms with Crippen LogP contribution in [0.2, 0.25) is 0 Å². The van der Waals surface area contributed by atoms with Crippen molar-refractivity contribution in [3.8, 4) is 0 Å². The topological polar surface area (TPSA) is 30.2 Å². The van der Waals surface area contributed by atoms with Crippen molar-refractivity contribution in [2.45, 2.75) is 0 Å². The van der Waals surface area contributed by atoms with Gasteiger partial charge in [-0.15, -0.1) is 0 Å². The van der Waals surface area contributed by atoms with Crippen molar-refractivity contribution in [2.75, 3.05) is 0 Å². The molecule has 0 amide bonds. The van der Waals surface area contributed by atoms with E-state index in [4.69, 9.17) is 4.42 Å². The van der Waals surface area contributed by atoms with E-state index in [2.05, 4.69) is 0 Å². The molecule has 0 N–H and O–H groups in total. The summed E-state index contributed by atoms with van der Waals surface area (Å²) in [6.07, 6.45) is 3.79. The van der Waals surface area contributed by atoms with Gasteiger partial charge in [-0.05, 0) is 24.3 Å². The van der Waals surface area contributed by atoms with Crippen molar-refractivity contribution in [2.24, 2.45) is 0 Å². The fourth-order valence-electron chi connectivity index (χ4n) is 1.22. The Hall–Kier alpha value is -1.83. The molecule has 0 saturated heterocycles. The lowest BCUT2D eigenvalue weighted by atomic mass is 10.2. The Morgan fingerprint density at radius 3 is 2.85 bits per heavy atom. The third kappa shape index (κ3) is 1.51. The molecule has 0 aliphatic rings. The van der Waals surface area contributed by atoms with E-state index in [9.17, 15) is 4.79 Å². The molecule has 0 fully saturated rings. The van der Waals surface area contributed by atoms with Crippen LogP contribution >= 0.6 is 0 Å². The highest BCUT2D eigenvalue weighted by Gasteiger charge is 1.97. The number of aldehydes is 1. The van der Waals surface area contributed by atoms with Crippen molar-refractivity contribution in [3.05, 3.63) is 42.2 Å². The van der Waals surface area contributed by atoms with E-state index in [-0.39, 0.29) is 0 Å². The van der Waals surface area contributed by atoms with Gasteiger partial charge in [0, 0.05) is 5.39 Å². The molecule has 1 heterocycles. The summed E-state index contributed by atoms with van der Waals surface area (Å²) in [6.45, 7) is 0. The van der Waals surface area contributed by atoms with Gasteiger partial charge in [0.15, 0.2) is 0 Å². The Morgan fingerprint density at radius 2 is 2.08 bits per heavy atom. The van der Waals surface area contributed by atoms with Gasteiger partial charge >= 0.3 is 0 Å². The molecule has 1 aromatic carbocycles. The van der Waals surface area contributed by atoms with Crippen molar-refractivity contribution in [1.29, 1.82) is 0 Å². The minimum atomic E-state index is 0.702. The molecular weight excluding hydrogens is 164 g/mol. The summed E-state index contributed by atoms with van der Waals surface area (Å²) in [4.78, 5) is 10.1. The van der Waals surface area contributed by atoms with Crippen molar-refractivity contribution >= 4 is 23.3 Å². The molecule has 13 heavy (non-hydrogen) atoms. The number of rotatable bonds is 2. The molecule has 0 radical (unpaired) electrons. The van der Waals surface area contributed by atoms with Crippen molar-refractivity contribution < 1.29 is 9.21 Å². The van der Waals surface area contributed by atoms with Gasteiger partial charge in [-0.2, -0.15) is 0 Å². The predicted molar refractivity (Wildman–Crippen MR) is 51.3 cm³/mol. The monoisotopic (exact) mass is 172 g/mol. The first-order valence-electron chi connectivity index (χ1n) is 4.00. The Labute approximate surface area is 75.5 Å². The Kier molecular flexibility index (Phi) is 1.96. The molecule has 2 aromatic rings. The van der Waals surface area contributed by atoms with Crippen LogP contribution in [0.1, 0.15) is 5.76 Å². The van der Waals surface area contributed by atoms with Crippen LogP contribution in [-0.2, 0) is 4.79 Å². The predicted octanol–water partition coefficient (Wildman–Crippen LogP) is 2.64. The van der Waals surface area contributed by atoms with E-state index in [1.807, 2.05) is 30.3 Å². The van der Waals surface area contributed by atoms with Crippen LogP contribution in [0.3, 0.4) is 0 Å². The molecule has 2 nitrogen and oxygen atoms in total. The van der Waals surface area contributed by atoms with Gasteiger partial charge in [0.2, 0.25) is 0 Å². The molecule has 0 saturated carbocycles. The molecular formula is C11H8O2. The second-order valence-corrected chi connectivity index (χ2v) is 2.68. The first-order chi connectivity index (χ1) is 6.40. The van der Waals surface area contributed by atoms with Crippen molar-refractivity contribution in [1.82, 2.24) is 0 Å². The number of benzene rings is 1. The number of hydrogen-bond acceptors (Lipinski definition) is 2. The third-order valence-electron chi connectivity index (χ3n) is 1.78. The van der Waals surface area contributed by atoms with Crippen LogP contribution in [-0.4, -0.2) is 6.29 Å². The van der Waals surface area contributed by atoms with Gasteiger partial charge in [0.25, 0.3) is 0 Å². The Bertz CT molecular complexity index is 419. The Morgan fingerprint density at radius 1 is 1.23 bits per heavy atom. The molecule has 0 atom stereocenters. The molecule has 0 spiro atoms. The summed E-state index contributed by atoms with van der Waals surface area (Å²) in [7, 11) is 0. The summed E-state index contributed by atoms with van der Waals surface area (Å²) < 4.78 is 5.42. The molecule has 0 unspecified atom stereocenters. The van der Waals surface area contributed by atoms with E-state index in [0.29, 0.717) is 5.76 Å². The zero-order chi connectivity index (χ0) is 9.10. The van der Waals surface area contributed by atoms with Crippen LogP contribution in [0.5, 0.6) is 0 Å². The molecule has 0 aliphatic heterocycles. The Balaban J connectivity index is 2.49. The molecule has 0 bridgehead atoms. The lowest BCUT2D eigenvalue weighted by Gasteiger charge is -1.82. The van der Waals surface area contributed by atoms with Gasteiger partial charge in [0.05, 0.1) is 0 Å². The SMILES string of the molecule is O=C/C=C/c1cc2ccccc2o1. The van der Waals surface area contributed by atoms with Crippen LogP contribution in [0, 0.1) is 0 Å². The second-order valence-electron chi connectivity index (χ2n) is 2.68. The summed E-state index contributed by atoms with van der Waals surface area (Å²) in [5, 5.41) is 1.05. The highest BCUT2D eigenvalue weighted by molar-refractivity contribution is 5.81. The first-order valence-corrected chi connectivity index (χ1v) is 4.00. The number of para-hydroxylation sites is 1. The second kappa shape index (κ2) is 3.27. The number of carbonyl (C=O) groups excluding carboxylic acids is 1. The largest absolute Gasteiger partial charge is 0.457 e. The van der Waals surface area contributed by atoms with Gasteiger partial charge in [-0.3, -0.25) is 4.79 Å². The smallest absolute Gasteiger partial charge is 0.142 e. The highest BCUT2D eigenvalue weighted by Crippen LogP contribution is 2.19. The first kappa shape index (κ1) is 7.80. The average Bonchev–Trinajstić information content (AvgIpc) is 2.57. The number of allylic oxidation sites excluding steroid dienone is 1. The van der Waals surface area contributed by atoms with Gasteiger partial charge in [0.1, 0.15) is 17.6 Å². The fourth-order valence-corrected chi connectivity index (χ4v) is 1.22. The number of hydrogen-bond donors (Lipinski definition) is 0. The van der Waals surface area contributed by atoms with Gasteiger partial charge in [-0.25, -0.2) is 0 Å². The zero-order valence-corrected chi connectivity index (χ0v) is 6.94. The van der Waals surface area contributed by atoms with E-state index in [0.717, 1.165) is 17.3 Å². The number of fused-ring (bicyclic) bond motifs is 1. The lowest BCUT2D eigenvalue weighted by Crippen LogP contribution is -1.60. The van der Waals surface area contributed by atoms with Crippen LogP contribution in [0.4, 0.5) is 0 Å². The average molecular weight is 172 g/mol. The van der Waals surface area contributed by atoms with E-state index in [1.54, 1.807) is 6.08 Å². The summed E-state index contributed by atoms with van der Waals surface area (Å²) in [5.74, 6) is 0.702. The highest BCUT2D eigenvalue weighted by atomic mass is 16.3. The van der Waals surface area contributed by atoms with Crippen molar-refractivity contribution in [3.63, 3.8) is 0 Å². The minimum Gasteiger partial charge on any atom is -0.457 e. The normalized spacial score (nSPS) is 11.1. The molecule has 1 aromatic heterocycles. The fraction of sp³-hybridized carbons (Fsp3) is 0. The molecule has 2 rings (SSSR count). The minimum absolute atomic E-state index is 0.702. The quantitative estimate of drug-likeness (QED) is 0.515. The maximum absolute atomic E-state index is 10.1. The van der Waals surface area contributed by atoms with Crippen LogP contribution in [0.15, 0.2) is 40.8 Å². The molecule has 0 aliphatic carbocycles. The van der Waals surface area contributed by atoms with Crippen LogP contribution in [0.25, 0.3) is 17.0 Å². The van der Waals surface area contributed by atoms with E-state index < -0.39 is 0 Å². The molecule has 2 heteroatoms. The summed E-state index contributed by atoms with van der Waals surface area (Å²) in [6, 6.07) is 9.63. The summed E-state index contributed by atoms with van der Waals surface area (Å²) in [5.41, 5.74) is 0.841. The van der Waals surface area contributed by atoms with E-state index >= 15 is 0 Å². The number of carbonyl (C=O) groups is 1. The summed E-state index contributed by atoms with van der Waals surface area (Å²) >= 11 is 0. The standard InChI is InChI=1S/C11H8O2/c12-7-3-5-10-8-9-4-1-2-6-11(9)13-10/h1-8H/b5-3+. The maximum atomic E-state index is 10.1. The lowest BCUT2D eigenvalue weighted by molar-refractivity contribution is -0.104. The van der Waals surface area contributed by atoms with Gasteiger partial charge in [-0.1, -0.05) is 18.2 Å².